The third-order valence-electron chi connectivity index (χ3n) is 6.84. The molecule has 0 bridgehead atoms. The van der Waals surface area contributed by atoms with E-state index < -0.39 is 0 Å². The average Bonchev–Trinajstić information content (AvgIpc) is 3.15. The molecule has 2 aromatic heterocycles. The van der Waals surface area contributed by atoms with Crippen LogP contribution < -0.4 is 4.90 Å². The molecule has 2 aliphatic heterocycles. The van der Waals surface area contributed by atoms with Crippen LogP contribution in [-0.2, 0) is 4.79 Å². The normalized spacial score (nSPS) is 17.8. The van der Waals surface area contributed by atoms with Gasteiger partial charge in [0.2, 0.25) is 5.91 Å². The summed E-state index contributed by atoms with van der Waals surface area (Å²) < 4.78 is 1.97. The third-order valence-corrected chi connectivity index (χ3v) is 7.09. The van der Waals surface area contributed by atoms with Gasteiger partial charge in [-0.25, -0.2) is 4.98 Å². The van der Waals surface area contributed by atoms with Crippen molar-refractivity contribution in [2.24, 2.45) is 5.92 Å². The van der Waals surface area contributed by atoms with E-state index in [-0.39, 0.29) is 5.92 Å². The maximum atomic E-state index is 13.0. The molecule has 0 radical (unpaired) electrons. The van der Waals surface area contributed by atoms with Crippen molar-refractivity contribution in [3.63, 3.8) is 0 Å². The highest BCUT2D eigenvalue weighted by Gasteiger charge is 2.30. The van der Waals surface area contributed by atoms with Crippen molar-refractivity contribution in [1.82, 2.24) is 19.5 Å². The largest absolute Gasteiger partial charge is 0.356 e. The topological polar surface area (TPSA) is 53.7 Å². The molecule has 32 heavy (non-hydrogen) atoms. The number of carbonyl (C=O) groups excluding carboxylic acids is 1. The molecule has 7 heteroatoms. The second kappa shape index (κ2) is 8.74. The van der Waals surface area contributed by atoms with Crippen molar-refractivity contribution in [1.29, 1.82) is 0 Å². The predicted octanol–water partition coefficient (Wildman–Crippen LogP) is 4.90. The summed E-state index contributed by atoms with van der Waals surface area (Å²) in [6.45, 7) is 7.65. The van der Waals surface area contributed by atoms with Gasteiger partial charge in [-0.1, -0.05) is 23.7 Å². The van der Waals surface area contributed by atoms with Crippen LogP contribution in [0.1, 0.15) is 43.5 Å². The highest BCUT2D eigenvalue weighted by molar-refractivity contribution is 6.30. The number of hydrogen-bond acceptors (Lipinski definition) is 4. The van der Waals surface area contributed by atoms with E-state index in [0.29, 0.717) is 5.91 Å². The van der Waals surface area contributed by atoms with Crippen LogP contribution in [0, 0.1) is 19.8 Å². The molecule has 0 spiro atoms. The Balaban J connectivity index is 1.41. The molecule has 5 rings (SSSR count). The summed E-state index contributed by atoms with van der Waals surface area (Å²) in [4.78, 5) is 22.2. The van der Waals surface area contributed by atoms with E-state index in [1.54, 1.807) is 0 Å². The molecule has 0 atom stereocenters. The first-order valence-corrected chi connectivity index (χ1v) is 12.1. The number of carbonyl (C=O) groups is 1. The summed E-state index contributed by atoms with van der Waals surface area (Å²) in [6, 6.07) is 9.96. The highest BCUT2D eigenvalue weighted by Crippen LogP contribution is 2.32. The number of hydrogen-bond donors (Lipinski definition) is 0. The molecule has 2 aliphatic rings. The number of likely N-dealkylation sites (tertiary alicyclic amines) is 1. The Morgan fingerprint density at radius 1 is 1.00 bits per heavy atom. The fraction of sp³-hybridized carbons (Fsp3) is 0.480. The number of nitrogens with zero attached hydrogens (tertiary/aromatic N) is 5. The van der Waals surface area contributed by atoms with Gasteiger partial charge in [-0.3, -0.25) is 4.79 Å². The number of amides is 1. The number of halogens is 1. The lowest BCUT2D eigenvalue weighted by molar-refractivity contribution is -0.137. The molecular weight excluding hydrogens is 422 g/mol. The third kappa shape index (κ3) is 3.96. The Hall–Kier alpha value is -2.60. The second-order valence-electron chi connectivity index (χ2n) is 9.11. The Kier molecular flexibility index (Phi) is 5.80. The molecular formula is C25H30ClN5O. The summed E-state index contributed by atoms with van der Waals surface area (Å²) in [5.74, 6) is 1.56. The van der Waals surface area contributed by atoms with E-state index >= 15 is 0 Å². The number of benzene rings is 1. The molecule has 0 saturated carbocycles. The van der Waals surface area contributed by atoms with Crippen molar-refractivity contribution >= 4 is 29.0 Å². The smallest absolute Gasteiger partial charge is 0.225 e. The van der Waals surface area contributed by atoms with E-state index in [9.17, 15) is 4.79 Å². The van der Waals surface area contributed by atoms with E-state index in [0.717, 1.165) is 90.9 Å². The number of aryl methyl sites for hydroxylation is 2. The van der Waals surface area contributed by atoms with E-state index in [2.05, 4.69) is 15.9 Å². The number of rotatable bonds is 3. The first-order chi connectivity index (χ1) is 15.5. The quantitative estimate of drug-likeness (QED) is 0.568. The number of anilines is 1. The zero-order valence-electron chi connectivity index (χ0n) is 18.9. The van der Waals surface area contributed by atoms with E-state index in [1.165, 1.54) is 6.42 Å². The molecule has 0 N–H and O–H groups in total. The molecule has 2 fully saturated rings. The number of fused-ring (bicyclic) bond motifs is 1. The summed E-state index contributed by atoms with van der Waals surface area (Å²) in [5, 5.41) is 5.58. The minimum Gasteiger partial charge on any atom is -0.356 e. The van der Waals surface area contributed by atoms with Crippen molar-refractivity contribution in [3.8, 4) is 11.1 Å². The maximum Gasteiger partial charge on any atom is 0.225 e. The fourth-order valence-corrected chi connectivity index (χ4v) is 5.26. The Labute approximate surface area is 194 Å². The predicted molar refractivity (Wildman–Crippen MR) is 128 cm³/mol. The lowest BCUT2D eigenvalue weighted by Gasteiger charge is -2.36. The summed E-state index contributed by atoms with van der Waals surface area (Å²) in [7, 11) is 0. The van der Waals surface area contributed by atoms with Gasteiger partial charge in [0.25, 0.3) is 0 Å². The summed E-state index contributed by atoms with van der Waals surface area (Å²) in [5.41, 5.74) is 4.89. The van der Waals surface area contributed by atoms with Crippen LogP contribution >= 0.6 is 11.6 Å². The SMILES string of the molecule is Cc1cc(N2CCC(C(=O)N3CCCCC3)CC2)n2nc(C)c(-c3ccc(Cl)cc3)c2n1. The van der Waals surface area contributed by atoms with Crippen molar-refractivity contribution in [2.75, 3.05) is 31.1 Å². The van der Waals surface area contributed by atoms with Crippen LogP contribution in [0.25, 0.3) is 16.8 Å². The zero-order chi connectivity index (χ0) is 22.2. The molecule has 0 unspecified atom stereocenters. The van der Waals surface area contributed by atoms with E-state index in [4.69, 9.17) is 21.7 Å². The van der Waals surface area contributed by atoms with E-state index in [1.807, 2.05) is 42.6 Å². The molecule has 1 amide bonds. The summed E-state index contributed by atoms with van der Waals surface area (Å²) in [6.07, 6.45) is 5.33. The first kappa shape index (κ1) is 21.3. The maximum absolute atomic E-state index is 13.0. The first-order valence-electron chi connectivity index (χ1n) is 11.7. The fourth-order valence-electron chi connectivity index (χ4n) is 5.13. The molecule has 168 valence electrons. The number of piperidine rings is 2. The second-order valence-corrected chi connectivity index (χ2v) is 9.54. The molecule has 4 heterocycles. The standard InChI is InChI=1S/C25H30ClN5O/c1-17-16-22(29-14-10-20(11-15-29)25(32)30-12-4-3-5-13-30)31-24(27-17)23(18(2)28-31)19-6-8-21(26)9-7-19/h6-9,16,20H,3-5,10-15H2,1-2H3. The van der Waals surface area contributed by atoms with Crippen molar-refractivity contribution in [2.45, 2.75) is 46.0 Å². The average molecular weight is 452 g/mol. The molecule has 6 nitrogen and oxygen atoms in total. The van der Waals surface area contributed by atoms with Crippen molar-refractivity contribution < 1.29 is 4.79 Å². The highest BCUT2D eigenvalue weighted by atomic mass is 35.5. The van der Waals surface area contributed by atoms with Gasteiger partial charge < -0.3 is 9.80 Å². The minimum absolute atomic E-state index is 0.145. The zero-order valence-corrected chi connectivity index (χ0v) is 19.6. The van der Waals surface area contributed by atoms with Gasteiger partial charge in [-0.05, 0) is 63.6 Å². The minimum atomic E-state index is 0.145. The van der Waals surface area contributed by atoms with Gasteiger partial charge in [-0.2, -0.15) is 9.61 Å². The van der Waals surface area contributed by atoms with Crippen LogP contribution in [0.4, 0.5) is 5.82 Å². The van der Waals surface area contributed by atoms with Gasteiger partial charge >= 0.3 is 0 Å². The van der Waals surface area contributed by atoms with Gasteiger partial charge in [0.05, 0.1) is 5.69 Å². The molecule has 2 saturated heterocycles. The Morgan fingerprint density at radius 2 is 1.69 bits per heavy atom. The van der Waals surface area contributed by atoms with Crippen LogP contribution in [0.15, 0.2) is 30.3 Å². The van der Waals surface area contributed by atoms with Crippen molar-refractivity contribution in [3.05, 3.63) is 46.7 Å². The molecule has 1 aromatic carbocycles. The number of aromatic nitrogens is 3. The monoisotopic (exact) mass is 451 g/mol. The van der Waals surface area contributed by atoms with Gasteiger partial charge in [0.1, 0.15) is 5.82 Å². The van der Waals surface area contributed by atoms with Gasteiger partial charge in [0.15, 0.2) is 5.65 Å². The lowest BCUT2D eigenvalue weighted by Crippen LogP contribution is -2.44. The van der Waals surface area contributed by atoms with Gasteiger partial charge in [0, 0.05) is 54.4 Å². The Bertz CT molecular complexity index is 1130. The molecule has 0 aliphatic carbocycles. The van der Waals surface area contributed by atoms with Crippen LogP contribution in [-0.4, -0.2) is 51.6 Å². The Morgan fingerprint density at radius 3 is 2.38 bits per heavy atom. The molecule has 3 aromatic rings. The lowest BCUT2D eigenvalue weighted by atomic mass is 9.94. The van der Waals surface area contributed by atoms with Crippen LogP contribution in [0.3, 0.4) is 0 Å². The van der Waals surface area contributed by atoms with Crippen LogP contribution in [0.2, 0.25) is 5.02 Å². The van der Waals surface area contributed by atoms with Crippen LogP contribution in [0.5, 0.6) is 0 Å². The summed E-state index contributed by atoms with van der Waals surface area (Å²) >= 11 is 6.10. The van der Waals surface area contributed by atoms with Gasteiger partial charge in [-0.15, -0.1) is 0 Å².